The van der Waals surface area contributed by atoms with Crippen LogP contribution in [0.2, 0.25) is 0 Å². The summed E-state index contributed by atoms with van der Waals surface area (Å²) in [5.41, 5.74) is 4.89. The van der Waals surface area contributed by atoms with Crippen LogP contribution in [0.4, 0.5) is 4.79 Å². The predicted octanol–water partition coefficient (Wildman–Crippen LogP) is 1.42. The van der Waals surface area contributed by atoms with Crippen molar-refractivity contribution in [1.82, 2.24) is 5.32 Å². The van der Waals surface area contributed by atoms with E-state index in [0.29, 0.717) is 19.5 Å². The summed E-state index contributed by atoms with van der Waals surface area (Å²) in [6.45, 7) is 6.21. The van der Waals surface area contributed by atoms with E-state index in [9.17, 15) is 4.79 Å². The van der Waals surface area contributed by atoms with Crippen molar-refractivity contribution in [3.63, 3.8) is 0 Å². The van der Waals surface area contributed by atoms with Gasteiger partial charge in [-0.3, -0.25) is 0 Å². The Bertz CT molecular complexity index is 215. The monoisotopic (exact) mass is 252 g/mol. The van der Waals surface area contributed by atoms with Crippen LogP contribution in [-0.2, 0) is 4.74 Å². The first-order chi connectivity index (χ1) is 6.66. The average Bonchev–Trinajstić information content (AvgIpc) is 1.98. The van der Waals surface area contributed by atoms with Gasteiger partial charge in [0.1, 0.15) is 5.60 Å². The second-order valence-corrected chi connectivity index (χ2v) is 6.44. The Morgan fingerprint density at radius 1 is 1.40 bits per heavy atom. The van der Waals surface area contributed by atoms with Gasteiger partial charge in [0.2, 0.25) is 0 Å². The second kappa shape index (κ2) is 5.86. The Kier molecular flexibility index (Phi) is 5.84. The van der Waals surface area contributed by atoms with E-state index in [1.165, 1.54) is 0 Å². The third-order valence-electron chi connectivity index (χ3n) is 1.46. The number of ether oxygens (including phenoxy) is 1. The van der Waals surface area contributed by atoms with Gasteiger partial charge in [-0.25, -0.2) is 4.79 Å². The Morgan fingerprint density at radius 2 is 1.93 bits per heavy atom. The van der Waals surface area contributed by atoms with Crippen molar-refractivity contribution in [2.45, 2.75) is 36.9 Å². The first-order valence-corrected chi connectivity index (χ1v) is 5.67. The maximum absolute atomic E-state index is 11.3. The molecule has 0 aliphatic heterocycles. The summed E-state index contributed by atoms with van der Waals surface area (Å²) >= 11 is 8.53. The molecule has 0 aromatic carbocycles. The lowest BCUT2D eigenvalue weighted by Gasteiger charge is -2.24. The number of amides is 1. The zero-order chi connectivity index (χ0) is 12.1. The van der Waals surface area contributed by atoms with Crippen LogP contribution in [0, 0.1) is 0 Å². The fourth-order valence-electron chi connectivity index (χ4n) is 0.847. The van der Waals surface area contributed by atoms with Crippen molar-refractivity contribution in [2.24, 2.45) is 5.73 Å². The van der Waals surface area contributed by atoms with Crippen LogP contribution in [-0.4, -0.2) is 28.9 Å². The average molecular weight is 252 g/mol. The molecule has 0 aliphatic carbocycles. The first-order valence-electron chi connectivity index (χ1n) is 4.78. The molecule has 0 radical (unpaired) electrons. The number of hydrogen-bond acceptors (Lipinski definition) is 5. The number of alkyl carbamates (subject to hydrolysis) is 1. The minimum Gasteiger partial charge on any atom is -0.444 e. The third kappa shape index (κ3) is 8.89. The van der Waals surface area contributed by atoms with Crippen molar-refractivity contribution in [2.75, 3.05) is 13.1 Å². The number of carbonyl (C=O) groups is 1. The topological polar surface area (TPSA) is 64.3 Å². The normalized spacial score (nSPS) is 12.4. The van der Waals surface area contributed by atoms with Crippen molar-refractivity contribution in [1.29, 1.82) is 0 Å². The van der Waals surface area contributed by atoms with Crippen LogP contribution >= 0.6 is 25.3 Å². The molecule has 0 bridgehead atoms. The third-order valence-corrected chi connectivity index (χ3v) is 2.22. The maximum Gasteiger partial charge on any atom is 0.407 e. The maximum atomic E-state index is 11.3. The van der Waals surface area contributed by atoms with Crippen LogP contribution in [0.25, 0.3) is 0 Å². The molecular weight excluding hydrogens is 232 g/mol. The minimum atomic E-state index is -0.592. The summed E-state index contributed by atoms with van der Waals surface area (Å²) in [5.74, 6) is 0. The lowest BCUT2D eigenvalue weighted by Crippen LogP contribution is -2.39. The van der Waals surface area contributed by atoms with Gasteiger partial charge in [-0.1, -0.05) is 0 Å². The fraction of sp³-hybridized carbons (Fsp3) is 0.889. The van der Waals surface area contributed by atoms with Crippen molar-refractivity contribution >= 4 is 31.4 Å². The van der Waals surface area contributed by atoms with Crippen molar-refractivity contribution < 1.29 is 9.53 Å². The highest BCUT2D eigenvalue weighted by Gasteiger charge is 2.22. The zero-order valence-corrected chi connectivity index (χ0v) is 11.2. The number of rotatable bonds is 4. The highest BCUT2D eigenvalue weighted by Crippen LogP contribution is 2.22. The van der Waals surface area contributed by atoms with Crippen molar-refractivity contribution in [3.8, 4) is 0 Å². The van der Waals surface area contributed by atoms with Gasteiger partial charge >= 0.3 is 6.09 Å². The van der Waals surface area contributed by atoms with Crippen molar-refractivity contribution in [3.05, 3.63) is 0 Å². The van der Waals surface area contributed by atoms with Gasteiger partial charge in [0.15, 0.2) is 0 Å². The van der Waals surface area contributed by atoms with Gasteiger partial charge in [-0.2, -0.15) is 25.3 Å². The molecule has 0 rings (SSSR count). The molecule has 0 saturated carbocycles. The van der Waals surface area contributed by atoms with Crippen LogP contribution in [0.15, 0.2) is 0 Å². The summed E-state index contributed by atoms with van der Waals surface area (Å²) in [6, 6.07) is 0. The van der Waals surface area contributed by atoms with Crippen LogP contribution < -0.4 is 11.1 Å². The molecule has 0 unspecified atom stereocenters. The van der Waals surface area contributed by atoms with Gasteiger partial charge in [0, 0.05) is 6.54 Å². The number of nitrogens with two attached hydrogens (primary N) is 1. The van der Waals surface area contributed by atoms with E-state index >= 15 is 0 Å². The molecule has 0 atom stereocenters. The Hall–Kier alpha value is -0.0700. The van der Waals surface area contributed by atoms with E-state index in [2.05, 4.69) is 30.6 Å². The molecular formula is C9H20N2O2S2. The Morgan fingerprint density at radius 3 is 2.33 bits per heavy atom. The number of thiol groups is 2. The molecule has 0 aromatic rings. The quantitative estimate of drug-likeness (QED) is 0.452. The summed E-state index contributed by atoms with van der Waals surface area (Å²) in [5, 5.41) is 2.59. The van der Waals surface area contributed by atoms with Gasteiger partial charge in [-0.15, -0.1) is 0 Å². The lowest BCUT2D eigenvalue weighted by atomic mass is 10.2. The Labute approximate surface area is 102 Å². The van der Waals surface area contributed by atoms with E-state index in [1.54, 1.807) is 20.8 Å². The Balaban J connectivity index is 3.90. The molecule has 0 aliphatic rings. The number of hydrogen-bond donors (Lipinski definition) is 4. The van der Waals surface area contributed by atoms with Crippen LogP contribution in [0.3, 0.4) is 0 Å². The molecule has 4 nitrogen and oxygen atoms in total. The summed E-state index contributed by atoms with van der Waals surface area (Å²) in [7, 11) is 0. The summed E-state index contributed by atoms with van der Waals surface area (Å²) in [6.07, 6.45) is 0.140. The molecule has 0 fully saturated rings. The molecule has 6 heteroatoms. The van der Waals surface area contributed by atoms with Gasteiger partial charge in [0.05, 0.1) is 4.08 Å². The summed E-state index contributed by atoms with van der Waals surface area (Å²) < 4.78 is 4.47. The van der Waals surface area contributed by atoms with Crippen LogP contribution in [0.5, 0.6) is 0 Å². The minimum absolute atomic E-state index is 0.311. The van der Waals surface area contributed by atoms with Gasteiger partial charge in [0.25, 0.3) is 0 Å². The standard InChI is InChI=1S/C9H20N2O2S2/c1-8(2,3)13-7(12)11-6-9(14,15)4-5-10/h14-15H,4-6,10H2,1-3H3,(H,11,12). The smallest absolute Gasteiger partial charge is 0.407 e. The lowest BCUT2D eigenvalue weighted by molar-refractivity contribution is 0.0526. The zero-order valence-electron chi connectivity index (χ0n) is 9.41. The molecule has 0 spiro atoms. The molecule has 0 saturated heterocycles. The highest BCUT2D eigenvalue weighted by molar-refractivity contribution is 8.00. The van der Waals surface area contributed by atoms with E-state index in [-0.39, 0.29) is 0 Å². The first kappa shape index (κ1) is 14.9. The second-order valence-electron chi connectivity index (χ2n) is 4.38. The highest BCUT2D eigenvalue weighted by atomic mass is 32.2. The molecule has 0 heterocycles. The fourth-order valence-corrected chi connectivity index (χ4v) is 1.26. The van der Waals surface area contributed by atoms with E-state index < -0.39 is 15.8 Å². The predicted molar refractivity (Wildman–Crippen MR) is 68.6 cm³/mol. The van der Waals surface area contributed by atoms with Gasteiger partial charge in [-0.05, 0) is 33.7 Å². The van der Waals surface area contributed by atoms with E-state index in [4.69, 9.17) is 10.5 Å². The van der Waals surface area contributed by atoms with Gasteiger partial charge < -0.3 is 15.8 Å². The van der Waals surface area contributed by atoms with Crippen LogP contribution in [0.1, 0.15) is 27.2 Å². The number of nitrogens with one attached hydrogen (secondary N) is 1. The SMILES string of the molecule is CC(C)(C)OC(=O)NCC(S)(S)CCN. The molecule has 0 aromatic heterocycles. The molecule has 3 N–H and O–H groups in total. The molecule has 1 amide bonds. The molecule has 15 heavy (non-hydrogen) atoms. The molecule has 90 valence electrons. The largest absolute Gasteiger partial charge is 0.444 e. The number of carbonyl (C=O) groups excluding carboxylic acids is 1. The van der Waals surface area contributed by atoms with E-state index in [1.807, 2.05) is 0 Å². The van der Waals surface area contributed by atoms with E-state index in [0.717, 1.165) is 0 Å². The summed E-state index contributed by atoms with van der Waals surface area (Å²) in [4.78, 5) is 11.3.